The normalized spacial score (nSPS) is 11.2. The molecule has 0 spiro atoms. The van der Waals surface area contributed by atoms with Gasteiger partial charge in [0, 0.05) is 15.6 Å². The van der Waals surface area contributed by atoms with Crippen molar-refractivity contribution >= 4 is 34.2 Å². The minimum atomic E-state index is 0.607. The molecule has 0 atom stereocenters. The van der Waals surface area contributed by atoms with Crippen LogP contribution in [-0.2, 0) is 0 Å². The maximum absolute atomic E-state index is 6.02. The molecular weight excluding hydrogens is 279 g/mol. The molecule has 0 aliphatic heterocycles. The average Bonchev–Trinajstić information content (AvgIpc) is 2.71. The van der Waals surface area contributed by atoms with Crippen LogP contribution >= 0.6 is 23.2 Å². The van der Waals surface area contributed by atoms with Gasteiger partial charge in [0.25, 0.3) is 0 Å². The number of nitrogens with zero attached hydrogens (tertiary/aromatic N) is 1. The molecule has 0 saturated carbocycles. The van der Waals surface area contributed by atoms with Gasteiger partial charge in [-0.15, -0.1) is 0 Å². The van der Waals surface area contributed by atoms with Crippen molar-refractivity contribution in [3.05, 3.63) is 51.5 Å². The van der Waals surface area contributed by atoms with Crippen molar-refractivity contribution in [3.8, 4) is 11.4 Å². The van der Waals surface area contributed by atoms with Crippen LogP contribution in [0.25, 0.3) is 22.4 Å². The number of hydrogen-bond acceptors (Lipinski definition) is 1. The van der Waals surface area contributed by atoms with E-state index >= 15 is 0 Å². The fourth-order valence-electron chi connectivity index (χ4n) is 2.10. The van der Waals surface area contributed by atoms with E-state index in [0.717, 1.165) is 22.4 Å². The summed E-state index contributed by atoms with van der Waals surface area (Å²) in [5.74, 6) is 0.782. The Morgan fingerprint density at radius 3 is 2.21 bits per heavy atom. The molecule has 2 nitrogen and oxygen atoms in total. The number of aromatic amines is 1. The highest BCUT2D eigenvalue weighted by Gasteiger charge is 2.08. The van der Waals surface area contributed by atoms with Crippen molar-refractivity contribution in [2.45, 2.75) is 13.8 Å². The molecular formula is C15H12Cl2N2. The summed E-state index contributed by atoms with van der Waals surface area (Å²) in [7, 11) is 0. The van der Waals surface area contributed by atoms with Gasteiger partial charge < -0.3 is 4.98 Å². The van der Waals surface area contributed by atoms with Gasteiger partial charge in [-0.2, -0.15) is 0 Å². The molecule has 0 amide bonds. The van der Waals surface area contributed by atoms with Crippen LogP contribution in [0.2, 0.25) is 10.0 Å². The van der Waals surface area contributed by atoms with Crippen molar-refractivity contribution in [3.63, 3.8) is 0 Å². The largest absolute Gasteiger partial charge is 0.338 e. The fourth-order valence-corrected chi connectivity index (χ4v) is 2.62. The summed E-state index contributed by atoms with van der Waals surface area (Å²) in [5, 5.41) is 1.21. The van der Waals surface area contributed by atoms with E-state index in [0.29, 0.717) is 10.0 Å². The number of fused-ring (bicyclic) bond motifs is 1. The molecule has 0 unspecified atom stereocenters. The van der Waals surface area contributed by atoms with Gasteiger partial charge >= 0.3 is 0 Å². The smallest absolute Gasteiger partial charge is 0.138 e. The molecule has 1 heterocycles. The second-order valence-electron chi connectivity index (χ2n) is 4.70. The third-order valence-electron chi connectivity index (χ3n) is 3.23. The predicted octanol–water partition coefficient (Wildman–Crippen LogP) is 5.15. The second kappa shape index (κ2) is 4.55. The van der Waals surface area contributed by atoms with Gasteiger partial charge in [0.2, 0.25) is 0 Å². The van der Waals surface area contributed by atoms with Crippen LogP contribution in [0.5, 0.6) is 0 Å². The summed E-state index contributed by atoms with van der Waals surface area (Å²) < 4.78 is 0. The van der Waals surface area contributed by atoms with E-state index in [1.54, 1.807) is 6.07 Å². The Morgan fingerprint density at radius 1 is 0.895 bits per heavy atom. The monoisotopic (exact) mass is 290 g/mol. The van der Waals surface area contributed by atoms with Crippen LogP contribution < -0.4 is 0 Å². The zero-order valence-corrected chi connectivity index (χ0v) is 12.1. The molecule has 0 radical (unpaired) electrons. The Kier molecular flexibility index (Phi) is 3.00. The third-order valence-corrected chi connectivity index (χ3v) is 3.67. The van der Waals surface area contributed by atoms with Crippen molar-refractivity contribution in [2.24, 2.45) is 0 Å². The minimum Gasteiger partial charge on any atom is -0.338 e. The summed E-state index contributed by atoms with van der Waals surface area (Å²) in [6, 6.07) is 9.60. The Hall–Kier alpha value is -1.51. The molecule has 1 N–H and O–H groups in total. The topological polar surface area (TPSA) is 28.7 Å². The lowest BCUT2D eigenvalue weighted by atomic mass is 10.1. The fraction of sp³-hybridized carbons (Fsp3) is 0.133. The van der Waals surface area contributed by atoms with Crippen LogP contribution in [0.3, 0.4) is 0 Å². The number of halogens is 2. The summed E-state index contributed by atoms with van der Waals surface area (Å²) in [6.07, 6.45) is 0. The van der Waals surface area contributed by atoms with Gasteiger partial charge in [-0.3, -0.25) is 0 Å². The quantitative estimate of drug-likeness (QED) is 0.659. The number of aromatic nitrogens is 2. The van der Waals surface area contributed by atoms with Crippen molar-refractivity contribution in [1.82, 2.24) is 9.97 Å². The standard InChI is InChI=1S/C15H12Cl2N2/c1-8-3-13-14(4-9(8)2)19-15(18-13)10-5-11(16)7-12(17)6-10/h3-7H,1-2H3,(H,18,19). The van der Waals surface area contributed by atoms with E-state index in [9.17, 15) is 0 Å². The summed E-state index contributed by atoms with van der Waals surface area (Å²) in [6.45, 7) is 4.17. The zero-order chi connectivity index (χ0) is 13.6. The van der Waals surface area contributed by atoms with E-state index in [-0.39, 0.29) is 0 Å². The third kappa shape index (κ3) is 2.34. The first-order chi connectivity index (χ1) is 9.02. The van der Waals surface area contributed by atoms with Gasteiger partial charge in [-0.05, 0) is 55.3 Å². The molecule has 0 saturated heterocycles. The summed E-state index contributed by atoms with van der Waals surface area (Å²) in [5.41, 5.74) is 5.34. The molecule has 0 aliphatic carbocycles. The highest BCUT2D eigenvalue weighted by Crippen LogP contribution is 2.27. The van der Waals surface area contributed by atoms with Gasteiger partial charge in [0.15, 0.2) is 0 Å². The number of nitrogens with one attached hydrogen (secondary N) is 1. The second-order valence-corrected chi connectivity index (χ2v) is 5.57. The highest BCUT2D eigenvalue weighted by molar-refractivity contribution is 6.35. The van der Waals surface area contributed by atoms with E-state index in [4.69, 9.17) is 23.2 Å². The Morgan fingerprint density at radius 2 is 1.53 bits per heavy atom. The molecule has 3 rings (SSSR count). The summed E-state index contributed by atoms with van der Waals surface area (Å²) in [4.78, 5) is 7.90. The van der Waals surface area contributed by atoms with Crippen molar-refractivity contribution < 1.29 is 0 Å². The molecule has 19 heavy (non-hydrogen) atoms. The number of aryl methyl sites for hydroxylation is 2. The van der Waals surface area contributed by atoms with Gasteiger partial charge in [-0.1, -0.05) is 23.2 Å². The van der Waals surface area contributed by atoms with Gasteiger partial charge in [0.1, 0.15) is 5.82 Å². The van der Waals surface area contributed by atoms with E-state index in [2.05, 4.69) is 35.9 Å². The Labute approximate surface area is 121 Å². The summed E-state index contributed by atoms with van der Waals surface area (Å²) >= 11 is 12.0. The van der Waals surface area contributed by atoms with Gasteiger partial charge in [0.05, 0.1) is 11.0 Å². The molecule has 0 fully saturated rings. The lowest BCUT2D eigenvalue weighted by Gasteiger charge is -1.99. The number of imidazole rings is 1. The molecule has 2 aromatic carbocycles. The van der Waals surface area contributed by atoms with Crippen LogP contribution in [0.1, 0.15) is 11.1 Å². The number of H-pyrrole nitrogens is 1. The number of rotatable bonds is 1. The number of benzene rings is 2. The van der Waals surface area contributed by atoms with Crippen LogP contribution in [0.4, 0.5) is 0 Å². The predicted molar refractivity (Wildman–Crippen MR) is 81.0 cm³/mol. The van der Waals surface area contributed by atoms with E-state index < -0.39 is 0 Å². The first-order valence-electron chi connectivity index (χ1n) is 5.96. The van der Waals surface area contributed by atoms with Crippen molar-refractivity contribution in [2.75, 3.05) is 0 Å². The Balaban J connectivity index is 2.20. The molecule has 1 aromatic heterocycles. The molecule has 3 aromatic rings. The van der Waals surface area contributed by atoms with Crippen LogP contribution in [0.15, 0.2) is 30.3 Å². The average molecular weight is 291 g/mol. The number of hydrogen-bond donors (Lipinski definition) is 1. The zero-order valence-electron chi connectivity index (χ0n) is 10.6. The molecule has 4 heteroatoms. The first-order valence-corrected chi connectivity index (χ1v) is 6.72. The SMILES string of the molecule is Cc1cc2nc(-c3cc(Cl)cc(Cl)c3)[nH]c2cc1C. The van der Waals surface area contributed by atoms with Crippen molar-refractivity contribution in [1.29, 1.82) is 0 Å². The van der Waals surface area contributed by atoms with E-state index in [1.165, 1.54) is 11.1 Å². The van der Waals surface area contributed by atoms with Crippen LogP contribution in [0, 0.1) is 13.8 Å². The maximum atomic E-state index is 6.02. The van der Waals surface area contributed by atoms with Crippen LogP contribution in [-0.4, -0.2) is 9.97 Å². The van der Waals surface area contributed by atoms with Gasteiger partial charge in [-0.25, -0.2) is 4.98 Å². The maximum Gasteiger partial charge on any atom is 0.138 e. The lowest BCUT2D eigenvalue weighted by molar-refractivity contribution is 1.34. The lowest BCUT2D eigenvalue weighted by Crippen LogP contribution is -1.80. The first kappa shape index (κ1) is 12.5. The molecule has 96 valence electrons. The highest BCUT2D eigenvalue weighted by atomic mass is 35.5. The molecule has 0 aliphatic rings. The molecule has 0 bridgehead atoms. The Bertz CT molecular complexity index is 716. The minimum absolute atomic E-state index is 0.607. The van der Waals surface area contributed by atoms with E-state index in [1.807, 2.05) is 12.1 Å².